The third-order valence-corrected chi connectivity index (χ3v) is 7.30. The van der Waals surface area contributed by atoms with Crippen LogP contribution < -0.4 is 0 Å². The predicted molar refractivity (Wildman–Crippen MR) is 101 cm³/mol. The lowest BCUT2D eigenvalue weighted by Crippen LogP contribution is -2.43. The Labute approximate surface area is 166 Å². The van der Waals surface area contributed by atoms with E-state index in [9.17, 15) is 8.42 Å². The zero-order valence-electron chi connectivity index (χ0n) is 15.5. The van der Waals surface area contributed by atoms with Gasteiger partial charge in [0.2, 0.25) is 10.0 Å². The molecule has 0 unspecified atom stereocenters. The fourth-order valence-corrected chi connectivity index (χ4v) is 5.50. The van der Waals surface area contributed by atoms with Crippen molar-refractivity contribution in [1.29, 1.82) is 0 Å². The number of benzene rings is 1. The highest BCUT2D eigenvalue weighted by molar-refractivity contribution is 7.89. The minimum atomic E-state index is -3.80. The number of piperidine rings is 1. The predicted octanol–water partition coefficient (Wildman–Crippen LogP) is 2.92. The molecule has 0 amide bonds. The molecular formula is C17H20FN5O3S2. The second kappa shape index (κ2) is 7.12. The van der Waals surface area contributed by atoms with Gasteiger partial charge in [0.05, 0.1) is 11.7 Å². The Morgan fingerprint density at radius 2 is 2.04 bits per heavy atom. The Balaban J connectivity index is 1.53. The standard InChI is InChI=1S/C17H20FN5O3S2/c1-11(2)10-14-19-16(26-20-14)17(18)6-8-23(9-7-17)28(24,25)13-5-3-4-12-15(13)22-27-21-12/h3-5,11H,6-10H2,1-2H3. The molecule has 28 heavy (non-hydrogen) atoms. The first-order valence-electron chi connectivity index (χ1n) is 9.03. The Bertz CT molecular complexity index is 1090. The smallest absolute Gasteiger partial charge is 0.264 e. The van der Waals surface area contributed by atoms with Crippen LogP contribution in [0, 0.1) is 5.92 Å². The molecule has 0 saturated carbocycles. The van der Waals surface area contributed by atoms with Crippen molar-refractivity contribution in [2.75, 3.05) is 13.1 Å². The molecule has 0 atom stereocenters. The van der Waals surface area contributed by atoms with Gasteiger partial charge in [-0.25, -0.2) is 12.8 Å². The summed E-state index contributed by atoms with van der Waals surface area (Å²) in [5.74, 6) is 0.738. The second-order valence-corrected chi connectivity index (χ2v) is 9.81. The van der Waals surface area contributed by atoms with Crippen LogP contribution in [0.1, 0.15) is 38.4 Å². The average Bonchev–Trinajstić information content (AvgIpc) is 3.30. The molecule has 1 aliphatic rings. The van der Waals surface area contributed by atoms with Gasteiger partial charge in [0.1, 0.15) is 15.9 Å². The number of hydrogen-bond donors (Lipinski definition) is 0. The molecule has 1 fully saturated rings. The van der Waals surface area contributed by atoms with Crippen molar-refractivity contribution in [2.24, 2.45) is 5.92 Å². The zero-order valence-corrected chi connectivity index (χ0v) is 17.1. The number of sulfonamides is 1. The van der Waals surface area contributed by atoms with Gasteiger partial charge < -0.3 is 4.52 Å². The van der Waals surface area contributed by atoms with Crippen LogP contribution in [0.3, 0.4) is 0 Å². The Morgan fingerprint density at radius 1 is 1.29 bits per heavy atom. The largest absolute Gasteiger partial charge is 0.336 e. The molecule has 2 aromatic heterocycles. The van der Waals surface area contributed by atoms with Crippen molar-refractivity contribution in [3.05, 3.63) is 29.9 Å². The number of aromatic nitrogens is 4. The van der Waals surface area contributed by atoms with Gasteiger partial charge in [-0.2, -0.15) is 18.0 Å². The van der Waals surface area contributed by atoms with Crippen LogP contribution in [-0.2, 0) is 22.1 Å². The van der Waals surface area contributed by atoms with Gasteiger partial charge in [-0.05, 0) is 18.1 Å². The average molecular weight is 426 g/mol. The maximum absolute atomic E-state index is 15.4. The molecule has 1 aromatic carbocycles. The lowest BCUT2D eigenvalue weighted by Gasteiger charge is -2.33. The van der Waals surface area contributed by atoms with Crippen molar-refractivity contribution in [1.82, 2.24) is 23.2 Å². The van der Waals surface area contributed by atoms with Crippen LogP contribution in [0.2, 0.25) is 0 Å². The van der Waals surface area contributed by atoms with E-state index >= 15 is 4.39 Å². The van der Waals surface area contributed by atoms with E-state index in [1.807, 2.05) is 13.8 Å². The van der Waals surface area contributed by atoms with Crippen LogP contribution in [0.5, 0.6) is 0 Å². The van der Waals surface area contributed by atoms with E-state index in [0.29, 0.717) is 29.2 Å². The lowest BCUT2D eigenvalue weighted by molar-refractivity contribution is 0.0511. The molecule has 0 spiro atoms. The van der Waals surface area contributed by atoms with Crippen LogP contribution in [0.25, 0.3) is 11.0 Å². The molecule has 1 saturated heterocycles. The van der Waals surface area contributed by atoms with Crippen molar-refractivity contribution in [3.63, 3.8) is 0 Å². The maximum atomic E-state index is 15.4. The van der Waals surface area contributed by atoms with Crippen LogP contribution in [-0.4, -0.2) is 44.7 Å². The quantitative estimate of drug-likeness (QED) is 0.619. The van der Waals surface area contributed by atoms with Gasteiger partial charge >= 0.3 is 0 Å². The molecule has 0 radical (unpaired) electrons. The maximum Gasteiger partial charge on any atom is 0.264 e. The molecule has 0 aliphatic carbocycles. The summed E-state index contributed by atoms with van der Waals surface area (Å²) in [5.41, 5.74) is -0.936. The fraction of sp³-hybridized carbons (Fsp3) is 0.529. The number of nitrogens with zero attached hydrogens (tertiary/aromatic N) is 5. The molecule has 1 aliphatic heterocycles. The van der Waals surface area contributed by atoms with E-state index in [-0.39, 0.29) is 36.7 Å². The van der Waals surface area contributed by atoms with Crippen LogP contribution in [0.15, 0.2) is 27.6 Å². The van der Waals surface area contributed by atoms with Crippen molar-refractivity contribution < 1.29 is 17.3 Å². The third-order valence-electron chi connectivity index (χ3n) is 4.82. The van der Waals surface area contributed by atoms with Gasteiger partial charge in [0.15, 0.2) is 11.5 Å². The highest BCUT2D eigenvalue weighted by atomic mass is 32.2. The molecular weight excluding hydrogens is 405 g/mol. The first-order chi connectivity index (χ1) is 13.3. The molecule has 3 aromatic rings. The highest BCUT2D eigenvalue weighted by Crippen LogP contribution is 2.38. The number of alkyl halides is 1. The van der Waals surface area contributed by atoms with E-state index in [1.165, 1.54) is 10.4 Å². The Kier molecular flexibility index (Phi) is 4.92. The van der Waals surface area contributed by atoms with E-state index in [1.54, 1.807) is 12.1 Å². The lowest BCUT2D eigenvalue weighted by atomic mass is 9.94. The highest BCUT2D eigenvalue weighted by Gasteiger charge is 2.44. The summed E-state index contributed by atoms with van der Waals surface area (Å²) in [6.07, 6.45) is 0.521. The van der Waals surface area contributed by atoms with E-state index in [0.717, 1.165) is 11.7 Å². The molecule has 11 heteroatoms. The van der Waals surface area contributed by atoms with E-state index in [4.69, 9.17) is 4.52 Å². The van der Waals surface area contributed by atoms with Gasteiger partial charge in [-0.15, -0.1) is 0 Å². The zero-order chi connectivity index (χ0) is 19.9. The SMILES string of the molecule is CC(C)Cc1noc(C2(F)CCN(S(=O)(=O)c3cccc4nsnc34)CC2)n1. The Morgan fingerprint density at radius 3 is 2.75 bits per heavy atom. The molecule has 8 nitrogen and oxygen atoms in total. The molecule has 4 rings (SSSR count). The number of halogens is 1. The summed E-state index contributed by atoms with van der Waals surface area (Å²) in [6.45, 7) is 4.08. The summed E-state index contributed by atoms with van der Waals surface area (Å²) < 4.78 is 56.1. The fourth-order valence-electron chi connectivity index (χ4n) is 3.31. The van der Waals surface area contributed by atoms with Crippen LogP contribution >= 0.6 is 11.7 Å². The van der Waals surface area contributed by atoms with Crippen molar-refractivity contribution in [3.8, 4) is 0 Å². The van der Waals surface area contributed by atoms with Gasteiger partial charge in [0.25, 0.3) is 5.89 Å². The topological polar surface area (TPSA) is 102 Å². The molecule has 3 heterocycles. The monoisotopic (exact) mass is 425 g/mol. The van der Waals surface area contributed by atoms with Gasteiger partial charge in [-0.1, -0.05) is 25.1 Å². The minimum absolute atomic E-state index is 0.0225. The van der Waals surface area contributed by atoms with Gasteiger partial charge in [-0.3, -0.25) is 0 Å². The van der Waals surface area contributed by atoms with E-state index in [2.05, 4.69) is 18.9 Å². The number of rotatable bonds is 5. The first-order valence-corrected chi connectivity index (χ1v) is 11.2. The second-order valence-electron chi connectivity index (χ2n) is 7.37. The number of hydrogen-bond acceptors (Lipinski definition) is 8. The summed E-state index contributed by atoms with van der Waals surface area (Å²) in [7, 11) is -3.80. The number of fused-ring (bicyclic) bond motifs is 1. The summed E-state index contributed by atoms with van der Waals surface area (Å²) in [6, 6.07) is 4.85. The summed E-state index contributed by atoms with van der Waals surface area (Å²) >= 11 is 0.963. The molecule has 150 valence electrons. The van der Waals surface area contributed by atoms with Crippen molar-refractivity contribution in [2.45, 2.75) is 43.7 Å². The molecule has 0 N–H and O–H groups in total. The summed E-state index contributed by atoms with van der Waals surface area (Å²) in [4.78, 5) is 4.29. The Hall–Kier alpha value is -1.98. The van der Waals surface area contributed by atoms with Gasteiger partial charge in [0, 0.05) is 32.4 Å². The van der Waals surface area contributed by atoms with Crippen molar-refractivity contribution >= 4 is 32.8 Å². The normalized spacial score (nSPS) is 18.1. The first kappa shape index (κ1) is 19.3. The minimum Gasteiger partial charge on any atom is -0.336 e. The third kappa shape index (κ3) is 3.42. The van der Waals surface area contributed by atoms with Crippen LogP contribution in [0.4, 0.5) is 4.39 Å². The summed E-state index contributed by atoms with van der Waals surface area (Å²) in [5, 5.41) is 3.85. The van der Waals surface area contributed by atoms with E-state index < -0.39 is 15.7 Å². The molecule has 0 bridgehead atoms.